The van der Waals surface area contributed by atoms with Crippen molar-refractivity contribution < 1.29 is 95.9 Å². The number of rotatable bonds is 46. The molecule has 8 aromatic carbocycles. The van der Waals surface area contributed by atoms with Crippen LogP contribution < -0.4 is 9.47 Å². The predicted octanol–water partition coefficient (Wildman–Crippen LogP) is 6.78. The van der Waals surface area contributed by atoms with Crippen LogP contribution in [0.5, 0.6) is 11.5 Å². The van der Waals surface area contributed by atoms with Crippen molar-refractivity contribution in [2.24, 2.45) is 0 Å². The molecule has 0 spiro atoms. The van der Waals surface area contributed by atoms with Crippen molar-refractivity contribution in [2.75, 3.05) is 158 Å². The first kappa shape index (κ1) is 76.1. The van der Waals surface area contributed by atoms with Gasteiger partial charge in [0.2, 0.25) is 0 Å². The minimum Gasteiger partial charge on any atom is -0.494 e. The van der Waals surface area contributed by atoms with Crippen LogP contribution in [-0.4, -0.2) is 265 Å². The first-order valence-corrected chi connectivity index (χ1v) is 37.1. The summed E-state index contributed by atoms with van der Waals surface area (Å²) >= 11 is 0. The van der Waals surface area contributed by atoms with E-state index in [9.17, 15) is 38.4 Å². The lowest BCUT2D eigenvalue weighted by Gasteiger charge is -2.31. The average Bonchev–Trinajstić information content (AvgIpc) is 0.722. The standard InChI is InChI=1S/C80H84N10O20/c91-25-35-101-31-21-87-73(93)59-11-15-63-71-64(16-12-60(69(59)71)74(87)94)78(98)89(77(63)97)23-33-105-39-43-107-41-37-103-29-19-85-49-55(81-83-85)5-1-3-27-109-57-45-51-7-9-53-47-58(48-54-10-8-52(46-57)67(51)68(53)54)110-28-4-2-6-56-50-86(84-82-56)20-30-104-38-42-108-44-40-106-34-24-90-79(99)65-17-13-61-70-62(14-18-66(72(65)70)80(90)100)76(96)88(75(61)95)22-32-102-36-26-92/h7-18,45-50,91-92H,1-6,19-44H2. The van der Waals surface area contributed by atoms with E-state index in [4.69, 9.17) is 57.6 Å². The van der Waals surface area contributed by atoms with Gasteiger partial charge in [0.1, 0.15) is 11.5 Å². The summed E-state index contributed by atoms with van der Waals surface area (Å²) in [6.07, 6.45) is 8.85. The second-order valence-electron chi connectivity index (χ2n) is 26.7. The van der Waals surface area contributed by atoms with Gasteiger partial charge in [-0.2, -0.15) is 0 Å². The number of carbonyl (C=O) groups excluding carboxylic acids is 8. The van der Waals surface area contributed by atoms with Gasteiger partial charge in [-0.05, 0) is 144 Å². The van der Waals surface area contributed by atoms with Crippen LogP contribution in [0, 0.1) is 0 Å². The summed E-state index contributed by atoms with van der Waals surface area (Å²) < 4.78 is 60.9. The number of aliphatic hydroxyl groups is 2. The fourth-order valence-electron chi connectivity index (χ4n) is 14.4. The fourth-order valence-corrected chi connectivity index (χ4v) is 14.4. The molecule has 4 aliphatic heterocycles. The molecule has 110 heavy (non-hydrogen) atoms. The minimum atomic E-state index is -0.544. The smallest absolute Gasteiger partial charge is 0.261 e. The van der Waals surface area contributed by atoms with Gasteiger partial charge >= 0.3 is 0 Å². The lowest BCUT2D eigenvalue weighted by atomic mass is 9.86. The Kier molecular flexibility index (Phi) is 24.8. The molecule has 574 valence electrons. The zero-order valence-electron chi connectivity index (χ0n) is 60.7. The highest BCUT2D eigenvalue weighted by Crippen LogP contribution is 2.42. The van der Waals surface area contributed by atoms with Crippen LogP contribution in [0.2, 0.25) is 0 Å². The predicted molar refractivity (Wildman–Crippen MR) is 397 cm³/mol. The van der Waals surface area contributed by atoms with E-state index in [0.29, 0.717) is 87.5 Å². The number of nitrogens with zero attached hydrogens (tertiary/aromatic N) is 10. The SMILES string of the molecule is O=C1c2ccc3c4c(ccc(c24)C(=O)N1CCOCCO)C(=O)N(CCOCCOCCOCCn1cc(CCCCOc2cc4ccc5cc(OCCCCc6cn(CCOCCOCCOCCN7C(=O)c8ccc9c%10c(ccc(c8%10)C7=O)C(=O)N(CCOCCO)C9=O)nn6)cc6ccc(c2)c4c56)nn1)C3=O. The minimum absolute atomic E-state index is 0.000716. The van der Waals surface area contributed by atoms with Gasteiger partial charge in [-0.1, -0.05) is 34.7 Å². The van der Waals surface area contributed by atoms with Crippen molar-refractivity contribution in [1.82, 2.24) is 49.6 Å². The van der Waals surface area contributed by atoms with Crippen molar-refractivity contribution in [2.45, 2.75) is 51.6 Å². The van der Waals surface area contributed by atoms with E-state index >= 15 is 0 Å². The zero-order valence-corrected chi connectivity index (χ0v) is 60.7. The Bertz CT molecular complexity index is 4560. The Labute approximate surface area is 630 Å². The van der Waals surface area contributed by atoms with Crippen LogP contribution in [0.1, 0.15) is 120 Å². The summed E-state index contributed by atoms with van der Waals surface area (Å²) in [5.41, 5.74) is 3.60. The number of amides is 8. The third kappa shape index (κ3) is 16.6. The summed E-state index contributed by atoms with van der Waals surface area (Å²) in [4.78, 5) is 112. The van der Waals surface area contributed by atoms with Gasteiger partial charge in [0.05, 0.1) is 183 Å². The van der Waals surface area contributed by atoms with E-state index in [0.717, 1.165) is 103 Å². The molecule has 0 atom stereocenters. The Balaban J connectivity index is 0.420. The average molecular weight is 1510 g/mol. The van der Waals surface area contributed by atoms with Crippen LogP contribution in [0.25, 0.3) is 53.9 Å². The first-order valence-electron chi connectivity index (χ1n) is 37.1. The number of imide groups is 4. The number of hydrogen-bond acceptors (Lipinski definition) is 24. The molecular formula is C80H84N10O20. The molecule has 8 amide bonds. The summed E-state index contributed by atoms with van der Waals surface area (Å²) in [6, 6.07) is 29.1. The maximum absolute atomic E-state index is 13.6. The molecule has 0 radical (unpaired) electrons. The molecular weight excluding hydrogens is 1420 g/mol. The molecule has 4 aliphatic rings. The van der Waals surface area contributed by atoms with Crippen LogP contribution in [0.3, 0.4) is 0 Å². The third-order valence-corrected chi connectivity index (χ3v) is 19.7. The molecule has 10 aromatic rings. The van der Waals surface area contributed by atoms with Crippen molar-refractivity contribution in [3.8, 4) is 11.5 Å². The van der Waals surface area contributed by atoms with Gasteiger partial charge in [0.15, 0.2) is 0 Å². The molecule has 0 saturated carbocycles. The number of aromatic nitrogens is 6. The molecule has 0 fully saturated rings. The summed E-state index contributed by atoms with van der Waals surface area (Å²) in [5, 5.41) is 43.2. The van der Waals surface area contributed by atoms with E-state index in [1.54, 1.807) is 9.36 Å². The van der Waals surface area contributed by atoms with E-state index in [-0.39, 0.29) is 150 Å². The van der Waals surface area contributed by atoms with Crippen LogP contribution in [0.4, 0.5) is 0 Å². The Morgan fingerprint density at radius 1 is 0.273 bits per heavy atom. The molecule has 0 aliphatic carbocycles. The molecule has 30 nitrogen and oxygen atoms in total. The molecule has 2 N–H and O–H groups in total. The quantitative estimate of drug-likeness (QED) is 0.0225. The van der Waals surface area contributed by atoms with Gasteiger partial charge in [0.25, 0.3) is 47.3 Å². The zero-order chi connectivity index (χ0) is 76.0. The summed E-state index contributed by atoms with van der Waals surface area (Å²) in [5.74, 6) is -2.67. The Morgan fingerprint density at radius 3 is 0.782 bits per heavy atom. The van der Waals surface area contributed by atoms with Crippen LogP contribution >= 0.6 is 0 Å². The molecule has 0 bridgehead atoms. The number of unbranched alkanes of at least 4 members (excludes halogenated alkanes) is 2. The number of aryl methyl sites for hydroxylation is 2. The maximum atomic E-state index is 13.6. The number of carbonyl (C=O) groups is 8. The molecule has 0 unspecified atom stereocenters. The molecule has 14 rings (SSSR count). The Morgan fingerprint density at radius 2 is 0.518 bits per heavy atom. The largest absolute Gasteiger partial charge is 0.494 e. The van der Waals surface area contributed by atoms with Gasteiger partial charge in [-0.15, -0.1) is 10.2 Å². The maximum Gasteiger partial charge on any atom is 0.261 e. The van der Waals surface area contributed by atoms with Crippen LogP contribution in [0.15, 0.2) is 109 Å². The van der Waals surface area contributed by atoms with E-state index < -0.39 is 47.3 Å². The highest BCUT2D eigenvalue weighted by Gasteiger charge is 2.42. The van der Waals surface area contributed by atoms with E-state index in [1.807, 2.05) is 12.4 Å². The summed E-state index contributed by atoms with van der Waals surface area (Å²) in [6.45, 7) is 5.52. The first-order chi connectivity index (χ1) is 53.9. The normalized spacial score (nSPS) is 14.2. The molecule has 6 heterocycles. The van der Waals surface area contributed by atoms with E-state index in [2.05, 4.69) is 69.2 Å². The van der Waals surface area contributed by atoms with Gasteiger partial charge in [-0.25, -0.2) is 9.36 Å². The molecule has 2 aromatic heterocycles. The Hall–Kier alpha value is -10.6. The number of ether oxygens (including phenoxy) is 10. The highest BCUT2D eigenvalue weighted by atomic mass is 16.6. The van der Waals surface area contributed by atoms with E-state index in [1.165, 1.54) is 59.3 Å². The van der Waals surface area contributed by atoms with Crippen molar-refractivity contribution in [3.05, 3.63) is 165 Å². The lowest BCUT2D eigenvalue weighted by Crippen LogP contribution is -2.45. The number of aliphatic hydroxyl groups excluding tert-OH is 2. The topological polar surface area (TPSA) is 344 Å². The second-order valence-corrected chi connectivity index (χ2v) is 26.7. The van der Waals surface area contributed by atoms with Crippen LogP contribution in [-0.2, 0) is 63.8 Å². The highest BCUT2D eigenvalue weighted by molar-refractivity contribution is 6.35. The van der Waals surface area contributed by atoms with Crippen molar-refractivity contribution >= 4 is 101 Å². The number of hydrogen-bond donors (Lipinski definition) is 2. The van der Waals surface area contributed by atoms with Crippen molar-refractivity contribution in [1.29, 1.82) is 0 Å². The monoisotopic (exact) mass is 1500 g/mol. The van der Waals surface area contributed by atoms with Gasteiger partial charge < -0.3 is 57.6 Å². The van der Waals surface area contributed by atoms with Crippen molar-refractivity contribution in [3.63, 3.8) is 0 Å². The van der Waals surface area contributed by atoms with Gasteiger partial charge in [0, 0.05) is 78.4 Å². The molecule has 30 heteroatoms. The fraction of sp³-hybridized carbons (Fsp3) is 0.400. The summed E-state index contributed by atoms with van der Waals surface area (Å²) in [7, 11) is 0. The lowest BCUT2D eigenvalue weighted by molar-refractivity contribution is 0.00915. The van der Waals surface area contributed by atoms with Gasteiger partial charge in [-0.3, -0.25) is 58.0 Å². The third-order valence-electron chi connectivity index (χ3n) is 19.7. The second kappa shape index (κ2) is 35.8. The molecule has 0 saturated heterocycles. The number of benzene rings is 8.